The smallest absolute Gasteiger partial charge is 0.319 e. The van der Waals surface area contributed by atoms with Crippen molar-refractivity contribution >= 4 is 37.3 Å². The zero-order valence-corrected chi connectivity index (χ0v) is 12.2. The first kappa shape index (κ1) is 12.9. The van der Waals surface area contributed by atoms with Crippen molar-refractivity contribution in [2.45, 2.75) is 13.0 Å². The molecule has 0 amide bonds. The van der Waals surface area contributed by atoms with Crippen molar-refractivity contribution in [3.05, 3.63) is 60.2 Å². The molecule has 0 heterocycles. The van der Waals surface area contributed by atoms with E-state index in [-0.39, 0.29) is 15.7 Å². The zero-order valence-electron chi connectivity index (χ0n) is 11.2. The monoisotopic (exact) mass is 278 g/mol. The Morgan fingerprint density at radius 3 is 2.10 bits per heavy atom. The van der Waals surface area contributed by atoms with Crippen LogP contribution in [-0.2, 0) is 15.3 Å². The fourth-order valence-corrected chi connectivity index (χ4v) is 3.31. The van der Waals surface area contributed by atoms with Gasteiger partial charge in [-0.25, -0.2) is 0 Å². The Labute approximate surface area is 120 Å². The van der Waals surface area contributed by atoms with Gasteiger partial charge in [-0.1, -0.05) is 48.5 Å². The lowest BCUT2D eigenvalue weighted by atomic mass is 9.98. The van der Waals surface area contributed by atoms with E-state index in [0.29, 0.717) is 0 Å². The van der Waals surface area contributed by atoms with Gasteiger partial charge in [0.05, 0.1) is 0 Å². The average molecular weight is 278 g/mol. The summed E-state index contributed by atoms with van der Waals surface area (Å²) in [5, 5.41) is 4.94. The largest absolute Gasteiger partial charge is 0.516 e. The maximum Gasteiger partial charge on any atom is 0.319 e. The van der Waals surface area contributed by atoms with Gasteiger partial charge in [-0.05, 0) is 33.2 Å². The topological polar surface area (TPSA) is 26.3 Å². The summed E-state index contributed by atoms with van der Waals surface area (Å²) < 4.78 is 5.13. The van der Waals surface area contributed by atoms with E-state index in [1.54, 1.807) is 0 Å². The van der Waals surface area contributed by atoms with E-state index in [1.807, 2.05) is 0 Å². The van der Waals surface area contributed by atoms with Crippen LogP contribution in [0.3, 0.4) is 0 Å². The van der Waals surface area contributed by atoms with Gasteiger partial charge in [0.25, 0.3) is 5.97 Å². The van der Waals surface area contributed by atoms with Crippen LogP contribution in [0.5, 0.6) is 0 Å². The second-order valence-electron chi connectivity index (χ2n) is 4.71. The lowest BCUT2D eigenvalue weighted by Gasteiger charge is -2.10. The van der Waals surface area contributed by atoms with E-state index in [0.717, 1.165) is 6.04 Å². The molecule has 0 bridgehead atoms. The Balaban J connectivity index is 2.15. The minimum atomic E-state index is -0.215. The lowest BCUT2D eigenvalue weighted by molar-refractivity contribution is -0.131. The van der Waals surface area contributed by atoms with E-state index in [1.165, 1.54) is 34.0 Å². The minimum absolute atomic E-state index is 0.167. The standard InChI is InChI=1S/C17H14O2Si/c1-12(18)19-20-11-17-15-8-4-2-6-13(15)10-14-7-3-5-9-16(14)17/h2-10H,11H2,1H3. The van der Waals surface area contributed by atoms with Gasteiger partial charge in [0, 0.05) is 13.0 Å². The van der Waals surface area contributed by atoms with Crippen LogP contribution < -0.4 is 0 Å². The Hall–Kier alpha value is -2.13. The van der Waals surface area contributed by atoms with Crippen LogP contribution in [0.15, 0.2) is 54.6 Å². The van der Waals surface area contributed by atoms with Gasteiger partial charge in [0.15, 0.2) is 0 Å². The highest BCUT2D eigenvalue weighted by Crippen LogP contribution is 2.28. The molecule has 0 spiro atoms. The van der Waals surface area contributed by atoms with Gasteiger partial charge in [-0.3, -0.25) is 4.79 Å². The van der Waals surface area contributed by atoms with Crippen LogP contribution in [-0.4, -0.2) is 15.7 Å². The van der Waals surface area contributed by atoms with E-state index in [4.69, 9.17) is 4.43 Å². The molecule has 20 heavy (non-hydrogen) atoms. The van der Waals surface area contributed by atoms with Gasteiger partial charge < -0.3 is 4.43 Å². The van der Waals surface area contributed by atoms with Gasteiger partial charge >= 0.3 is 9.76 Å². The van der Waals surface area contributed by atoms with Crippen molar-refractivity contribution in [1.82, 2.24) is 0 Å². The summed E-state index contributed by atoms with van der Waals surface area (Å²) in [5.41, 5.74) is 1.26. The molecule has 0 saturated heterocycles. The molecule has 2 nitrogen and oxygen atoms in total. The van der Waals surface area contributed by atoms with E-state index < -0.39 is 0 Å². The van der Waals surface area contributed by atoms with Crippen molar-refractivity contribution in [2.24, 2.45) is 0 Å². The summed E-state index contributed by atoms with van der Waals surface area (Å²) in [6, 6.07) is 19.7. The molecule has 0 aliphatic carbocycles. The first-order valence-corrected chi connectivity index (χ1v) is 7.67. The summed E-state index contributed by atoms with van der Waals surface area (Å²) in [5.74, 6) is -0.215. The maximum atomic E-state index is 10.9. The van der Waals surface area contributed by atoms with Crippen molar-refractivity contribution in [3.8, 4) is 0 Å². The van der Waals surface area contributed by atoms with Crippen LogP contribution >= 0.6 is 0 Å². The van der Waals surface area contributed by atoms with Crippen LogP contribution in [0.1, 0.15) is 12.5 Å². The summed E-state index contributed by atoms with van der Waals surface area (Å²) in [7, 11) is 0.167. The Kier molecular flexibility index (Phi) is 3.52. The van der Waals surface area contributed by atoms with Crippen molar-refractivity contribution in [2.75, 3.05) is 0 Å². The third-order valence-corrected chi connectivity index (χ3v) is 4.28. The molecule has 3 aromatic carbocycles. The molecular formula is C17H14O2Si. The average Bonchev–Trinajstić information content (AvgIpc) is 2.46. The molecule has 3 rings (SSSR count). The molecule has 0 unspecified atom stereocenters. The molecule has 0 aliphatic heterocycles. The van der Waals surface area contributed by atoms with Gasteiger partial charge in [-0.15, -0.1) is 0 Å². The molecule has 0 aliphatic rings. The van der Waals surface area contributed by atoms with Gasteiger partial charge in [0.1, 0.15) is 0 Å². The molecule has 0 fully saturated rings. The summed E-state index contributed by atoms with van der Waals surface area (Å²) in [6.45, 7) is 1.45. The Bertz CT molecular complexity index is 726. The maximum absolute atomic E-state index is 10.9. The highest BCUT2D eigenvalue weighted by molar-refractivity contribution is 6.31. The fraction of sp³-hybridized carbons (Fsp3) is 0.118. The summed E-state index contributed by atoms with van der Waals surface area (Å²) in [6.07, 6.45) is 0. The number of carbonyl (C=O) groups excluding carboxylic acids is 1. The number of carbonyl (C=O) groups is 1. The summed E-state index contributed by atoms with van der Waals surface area (Å²) >= 11 is 0. The van der Waals surface area contributed by atoms with E-state index in [9.17, 15) is 4.79 Å². The highest BCUT2D eigenvalue weighted by Gasteiger charge is 2.09. The molecule has 3 heteroatoms. The highest BCUT2D eigenvalue weighted by atomic mass is 28.2. The molecule has 2 radical (unpaired) electrons. The first-order valence-electron chi connectivity index (χ1n) is 6.55. The Morgan fingerprint density at radius 2 is 1.55 bits per heavy atom. The predicted octanol–water partition coefficient (Wildman–Crippen LogP) is 3.68. The summed E-state index contributed by atoms with van der Waals surface area (Å²) in [4.78, 5) is 10.9. The van der Waals surface area contributed by atoms with Crippen LogP contribution in [0, 0.1) is 0 Å². The molecule has 0 atom stereocenters. The molecule has 0 aromatic heterocycles. The molecule has 3 aromatic rings. The molecule has 98 valence electrons. The molecule has 0 saturated carbocycles. The quantitative estimate of drug-likeness (QED) is 0.539. The van der Waals surface area contributed by atoms with Crippen LogP contribution in [0.25, 0.3) is 21.5 Å². The Morgan fingerprint density at radius 1 is 1.00 bits per heavy atom. The third-order valence-electron chi connectivity index (χ3n) is 3.35. The van der Waals surface area contributed by atoms with E-state index >= 15 is 0 Å². The first-order chi connectivity index (χ1) is 9.75. The van der Waals surface area contributed by atoms with Crippen molar-refractivity contribution < 1.29 is 9.22 Å². The minimum Gasteiger partial charge on any atom is -0.516 e. The third kappa shape index (κ3) is 2.45. The number of rotatable bonds is 3. The number of fused-ring (bicyclic) bond motifs is 2. The predicted molar refractivity (Wildman–Crippen MR) is 82.7 cm³/mol. The second kappa shape index (κ2) is 5.47. The fourth-order valence-electron chi connectivity index (χ4n) is 2.51. The second-order valence-corrected chi connectivity index (χ2v) is 5.56. The van der Waals surface area contributed by atoms with Crippen molar-refractivity contribution in [1.29, 1.82) is 0 Å². The van der Waals surface area contributed by atoms with Gasteiger partial charge in [-0.2, -0.15) is 0 Å². The number of hydrogen-bond donors (Lipinski definition) is 0. The molecule has 0 N–H and O–H groups in total. The van der Waals surface area contributed by atoms with Crippen molar-refractivity contribution in [3.63, 3.8) is 0 Å². The van der Waals surface area contributed by atoms with Gasteiger partial charge in [0.2, 0.25) is 0 Å². The normalized spacial score (nSPS) is 10.8. The molecular weight excluding hydrogens is 264 g/mol. The zero-order chi connectivity index (χ0) is 13.9. The number of benzene rings is 3. The number of hydrogen-bond acceptors (Lipinski definition) is 2. The lowest BCUT2D eigenvalue weighted by Crippen LogP contribution is -2.08. The SMILES string of the molecule is CC(=O)O[Si]Cc1c2ccccc2cc2ccccc12. The van der Waals surface area contributed by atoms with E-state index in [2.05, 4.69) is 54.6 Å². The van der Waals surface area contributed by atoms with Crippen LogP contribution in [0.2, 0.25) is 0 Å². The van der Waals surface area contributed by atoms with Crippen LogP contribution in [0.4, 0.5) is 0 Å².